The SMILES string of the molecule is O=C([O-])C1(CN2CCOCC2)CC1.[Li+]. The third-order valence-corrected chi connectivity index (χ3v) is 2.92. The van der Waals surface area contributed by atoms with Gasteiger partial charge in [0.25, 0.3) is 0 Å². The fourth-order valence-electron chi connectivity index (χ4n) is 1.76. The number of hydrogen-bond donors (Lipinski definition) is 0. The molecule has 0 aromatic heterocycles. The van der Waals surface area contributed by atoms with Crippen molar-refractivity contribution in [1.29, 1.82) is 0 Å². The van der Waals surface area contributed by atoms with Gasteiger partial charge in [-0.3, -0.25) is 4.90 Å². The number of hydrogen-bond acceptors (Lipinski definition) is 4. The summed E-state index contributed by atoms with van der Waals surface area (Å²) < 4.78 is 5.19. The van der Waals surface area contributed by atoms with Crippen molar-refractivity contribution in [3.05, 3.63) is 0 Å². The molecule has 0 spiro atoms. The number of carboxylic acids is 1. The summed E-state index contributed by atoms with van der Waals surface area (Å²) in [6.07, 6.45) is 1.57. The van der Waals surface area contributed by atoms with E-state index in [4.69, 9.17) is 4.74 Å². The number of carboxylic acid groups (broad SMARTS) is 1. The van der Waals surface area contributed by atoms with Crippen LogP contribution in [0.25, 0.3) is 0 Å². The van der Waals surface area contributed by atoms with Crippen molar-refractivity contribution in [3.63, 3.8) is 0 Å². The second-order valence-corrected chi connectivity index (χ2v) is 3.96. The first kappa shape index (κ1) is 12.1. The molecule has 1 saturated heterocycles. The van der Waals surface area contributed by atoms with Gasteiger partial charge >= 0.3 is 18.9 Å². The largest absolute Gasteiger partial charge is 1.00 e. The van der Waals surface area contributed by atoms with Crippen LogP contribution in [0.1, 0.15) is 12.8 Å². The molecule has 74 valence electrons. The van der Waals surface area contributed by atoms with Crippen LogP contribution in [0.2, 0.25) is 0 Å². The monoisotopic (exact) mass is 191 g/mol. The van der Waals surface area contributed by atoms with E-state index in [1.165, 1.54) is 0 Å². The van der Waals surface area contributed by atoms with E-state index >= 15 is 0 Å². The molecular weight excluding hydrogens is 177 g/mol. The molecule has 0 amide bonds. The van der Waals surface area contributed by atoms with Crippen molar-refractivity contribution >= 4 is 5.97 Å². The standard InChI is InChI=1S/C9H15NO3.Li/c11-8(12)9(1-2-9)7-10-3-5-13-6-4-10;/h1-7H2,(H,11,12);/q;+1/p-1. The quantitative estimate of drug-likeness (QED) is 0.425. The summed E-state index contributed by atoms with van der Waals surface area (Å²) in [5, 5.41) is 10.8. The second-order valence-electron chi connectivity index (χ2n) is 3.96. The average molecular weight is 191 g/mol. The van der Waals surface area contributed by atoms with Gasteiger partial charge in [0.15, 0.2) is 0 Å². The summed E-state index contributed by atoms with van der Waals surface area (Å²) in [6.45, 7) is 3.81. The van der Waals surface area contributed by atoms with Crippen molar-refractivity contribution in [2.24, 2.45) is 5.41 Å². The number of carbonyl (C=O) groups is 1. The minimum atomic E-state index is -0.876. The zero-order valence-corrected chi connectivity index (χ0v) is 8.62. The fourth-order valence-corrected chi connectivity index (χ4v) is 1.76. The van der Waals surface area contributed by atoms with Gasteiger partial charge in [0.05, 0.1) is 13.2 Å². The average Bonchev–Trinajstić information content (AvgIpc) is 2.87. The van der Waals surface area contributed by atoms with Gasteiger partial charge in [-0.25, -0.2) is 0 Å². The number of aliphatic carboxylic acids is 1. The van der Waals surface area contributed by atoms with Gasteiger partial charge in [0.2, 0.25) is 0 Å². The fraction of sp³-hybridized carbons (Fsp3) is 0.889. The van der Waals surface area contributed by atoms with Crippen molar-refractivity contribution in [3.8, 4) is 0 Å². The second kappa shape index (κ2) is 4.67. The number of rotatable bonds is 3. The molecule has 0 aromatic carbocycles. The van der Waals surface area contributed by atoms with Crippen molar-refractivity contribution in [2.45, 2.75) is 12.8 Å². The van der Waals surface area contributed by atoms with Crippen LogP contribution in [0.5, 0.6) is 0 Å². The zero-order chi connectivity index (χ0) is 9.31. The Hall–Kier alpha value is -0.0126. The van der Waals surface area contributed by atoms with Gasteiger partial charge in [-0.15, -0.1) is 0 Å². The summed E-state index contributed by atoms with van der Waals surface area (Å²) in [5.74, 6) is -0.876. The molecule has 0 aromatic rings. The van der Waals surface area contributed by atoms with Crippen LogP contribution < -0.4 is 24.0 Å². The number of carbonyl (C=O) groups excluding carboxylic acids is 1. The van der Waals surface area contributed by atoms with Gasteiger partial charge in [-0.2, -0.15) is 0 Å². The molecular formula is C9H14LiNO3. The third-order valence-electron chi connectivity index (χ3n) is 2.92. The summed E-state index contributed by atoms with van der Waals surface area (Å²) >= 11 is 0. The van der Waals surface area contributed by atoms with E-state index in [2.05, 4.69) is 4.90 Å². The van der Waals surface area contributed by atoms with E-state index in [1.54, 1.807) is 0 Å². The van der Waals surface area contributed by atoms with Crippen LogP contribution in [0.15, 0.2) is 0 Å². The number of morpholine rings is 1. The number of nitrogens with zero attached hydrogens (tertiary/aromatic N) is 1. The van der Waals surface area contributed by atoms with E-state index in [9.17, 15) is 9.90 Å². The van der Waals surface area contributed by atoms with E-state index in [-0.39, 0.29) is 18.9 Å². The van der Waals surface area contributed by atoms with Gasteiger partial charge in [0, 0.05) is 31.0 Å². The van der Waals surface area contributed by atoms with Gasteiger partial charge in [-0.05, 0) is 12.8 Å². The molecule has 14 heavy (non-hydrogen) atoms. The maximum absolute atomic E-state index is 10.8. The number of ether oxygens (including phenoxy) is 1. The predicted octanol–water partition coefficient (Wildman–Crippen LogP) is -4.15. The summed E-state index contributed by atoms with van der Waals surface area (Å²) in [4.78, 5) is 12.9. The minimum absolute atomic E-state index is 0. The first-order valence-electron chi connectivity index (χ1n) is 4.74. The van der Waals surface area contributed by atoms with Crippen LogP contribution in [0.4, 0.5) is 0 Å². The molecule has 0 radical (unpaired) electrons. The Bertz CT molecular complexity index is 212. The Morgan fingerprint density at radius 3 is 2.36 bits per heavy atom. The van der Waals surface area contributed by atoms with Gasteiger partial charge < -0.3 is 14.6 Å². The maximum atomic E-state index is 10.8. The Kier molecular flexibility index (Phi) is 4.02. The molecule has 1 aliphatic carbocycles. The minimum Gasteiger partial charge on any atom is -0.550 e. The Morgan fingerprint density at radius 2 is 1.93 bits per heavy atom. The smallest absolute Gasteiger partial charge is 0.550 e. The molecule has 0 N–H and O–H groups in total. The van der Waals surface area contributed by atoms with E-state index in [0.29, 0.717) is 6.54 Å². The predicted molar refractivity (Wildman–Crippen MR) is 43.9 cm³/mol. The molecule has 1 saturated carbocycles. The van der Waals surface area contributed by atoms with E-state index in [1.807, 2.05) is 0 Å². The van der Waals surface area contributed by atoms with Gasteiger partial charge in [0.1, 0.15) is 0 Å². The van der Waals surface area contributed by atoms with Gasteiger partial charge in [-0.1, -0.05) is 0 Å². The topological polar surface area (TPSA) is 52.6 Å². The van der Waals surface area contributed by atoms with Crippen molar-refractivity contribution < 1.29 is 33.5 Å². The zero-order valence-electron chi connectivity index (χ0n) is 8.62. The molecule has 1 aliphatic heterocycles. The molecule has 2 fully saturated rings. The molecule has 0 atom stereocenters. The summed E-state index contributed by atoms with van der Waals surface area (Å²) in [5.41, 5.74) is -0.517. The first-order chi connectivity index (χ1) is 6.23. The van der Waals surface area contributed by atoms with Crippen LogP contribution in [-0.2, 0) is 9.53 Å². The Morgan fingerprint density at radius 1 is 1.36 bits per heavy atom. The third kappa shape index (κ3) is 2.52. The Balaban J connectivity index is 0.000000980. The summed E-state index contributed by atoms with van der Waals surface area (Å²) in [7, 11) is 0. The maximum Gasteiger partial charge on any atom is 1.00 e. The molecule has 4 nitrogen and oxygen atoms in total. The molecule has 5 heteroatoms. The van der Waals surface area contributed by atoms with E-state index in [0.717, 1.165) is 39.1 Å². The normalized spacial score (nSPS) is 25.1. The molecule has 1 heterocycles. The van der Waals surface area contributed by atoms with Crippen LogP contribution in [0.3, 0.4) is 0 Å². The van der Waals surface area contributed by atoms with Crippen LogP contribution in [-0.4, -0.2) is 43.7 Å². The van der Waals surface area contributed by atoms with Crippen molar-refractivity contribution in [1.82, 2.24) is 4.90 Å². The Labute approximate surface area is 95.8 Å². The molecule has 2 aliphatic rings. The van der Waals surface area contributed by atoms with Crippen LogP contribution >= 0.6 is 0 Å². The summed E-state index contributed by atoms with van der Waals surface area (Å²) in [6, 6.07) is 0. The molecule has 0 bridgehead atoms. The molecule has 2 rings (SSSR count). The van der Waals surface area contributed by atoms with E-state index < -0.39 is 11.4 Å². The molecule has 0 unspecified atom stereocenters. The van der Waals surface area contributed by atoms with Crippen LogP contribution in [0, 0.1) is 5.41 Å². The first-order valence-corrected chi connectivity index (χ1v) is 4.74. The van der Waals surface area contributed by atoms with Crippen molar-refractivity contribution in [2.75, 3.05) is 32.8 Å².